The van der Waals surface area contributed by atoms with Crippen LogP contribution in [0.3, 0.4) is 0 Å². The molecule has 0 bridgehead atoms. The van der Waals surface area contributed by atoms with Gasteiger partial charge in [0, 0.05) is 19.7 Å². The zero-order valence-corrected chi connectivity index (χ0v) is 10.9. The van der Waals surface area contributed by atoms with Gasteiger partial charge in [-0.3, -0.25) is 0 Å². The number of ether oxygens (including phenoxy) is 2. The lowest BCUT2D eigenvalue weighted by Gasteiger charge is -2.21. The summed E-state index contributed by atoms with van der Waals surface area (Å²) in [6.45, 7) is 3.47. The molecular formula is C11H15BrN2O2. The fourth-order valence-electron chi connectivity index (χ4n) is 1.71. The van der Waals surface area contributed by atoms with E-state index in [2.05, 4.69) is 25.8 Å². The Morgan fingerprint density at radius 1 is 1.38 bits per heavy atom. The minimum Gasteiger partial charge on any atom is -0.480 e. The molecule has 5 heteroatoms. The average molecular weight is 287 g/mol. The summed E-state index contributed by atoms with van der Waals surface area (Å²) in [6.07, 6.45) is 1.04. The first-order chi connectivity index (χ1) is 7.81. The molecule has 1 aliphatic heterocycles. The Hall–Kier alpha value is -0.810. The van der Waals surface area contributed by atoms with E-state index in [9.17, 15) is 0 Å². The fraction of sp³-hybridized carbons (Fsp3) is 0.545. The second-order valence-electron chi connectivity index (χ2n) is 3.61. The predicted molar refractivity (Wildman–Crippen MR) is 66.1 cm³/mol. The lowest BCUT2D eigenvalue weighted by Crippen LogP contribution is -2.26. The second-order valence-corrected chi connectivity index (χ2v) is 4.47. The summed E-state index contributed by atoms with van der Waals surface area (Å²) in [6, 6.07) is 3.96. The molecule has 0 aromatic carbocycles. The van der Waals surface area contributed by atoms with Gasteiger partial charge in [-0.05, 0) is 34.5 Å². The topological polar surface area (TPSA) is 34.6 Å². The van der Waals surface area contributed by atoms with Gasteiger partial charge >= 0.3 is 0 Å². The summed E-state index contributed by atoms with van der Waals surface area (Å²) in [7, 11) is 1.63. The third kappa shape index (κ3) is 2.65. The van der Waals surface area contributed by atoms with Gasteiger partial charge in [-0.2, -0.15) is 4.98 Å². The molecule has 1 aromatic rings. The van der Waals surface area contributed by atoms with Gasteiger partial charge in [-0.15, -0.1) is 0 Å². The van der Waals surface area contributed by atoms with E-state index >= 15 is 0 Å². The second kappa shape index (κ2) is 5.50. The van der Waals surface area contributed by atoms with Crippen molar-refractivity contribution in [2.45, 2.75) is 6.42 Å². The molecule has 0 unspecified atom stereocenters. The molecule has 0 atom stereocenters. The van der Waals surface area contributed by atoms with Gasteiger partial charge in [0.25, 0.3) is 0 Å². The number of methoxy groups -OCH3 is 1. The van der Waals surface area contributed by atoms with E-state index in [0.29, 0.717) is 5.88 Å². The van der Waals surface area contributed by atoms with Crippen molar-refractivity contribution >= 4 is 21.7 Å². The summed E-state index contributed by atoms with van der Waals surface area (Å²) in [4.78, 5) is 6.68. The Morgan fingerprint density at radius 2 is 2.25 bits per heavy atom. The molecule has 16 heavy (non-hydrogen) atoms. The third-order valence-corrected chi connectivity index (χ3v) is 3.14. The van der Waals surface area contributed by atoms with Crippen molar-refractivity contribution in [3.05, 3.63) is 16.6 Å². The highest BCUT2D eigenvalue weighted by molar-refractivity contribution is 9.10. The van der Waals surface area contributed by atoms with Crippen LogP contribution in [0.15, 0.2) is 16.6 Å². The van der Waals surface area contributed by atoms with Crippen LogP contribution in [0, 0.1) is 0 Å². The Bertz CT molecular complexity index is 352. The van der Waals surface area contributed by atoms with Gasteiger partial charge in [0.05, 0.1) is 18.2 Å². The van der Waals surface area contributed by atoms with Gasteiger partial charge in [0.2, 0.25) is 5.88 Å². The Labute approximate surface area is 104 Å². The third-order valence-electron chi connectivity index (χ3n) is 2.54. The van der Waals surface area contributed by atoms with E-state index in [1.165, 1.54) is 0 Å². The number of aromatic nitrogens is 1. The number of pyridine rings is 1. The van der Waals surface area contributed by atoms with Gasteiger partial charge in [0.1, 0.15) is 5.82 Å². The quantitative estimate of drug-likeness (QED) is 0.834. The van der Waals surface area contributed by atoms with Crippen molar-refractivity contribution < 1.29 is 9.47 Å². The van der Waals surface area contributed by atoms with Crippen molar-refractivity contribution in [1.29, 1.82) is 0 Å². The van der Waals surface area contributed by atoms with Crippen LogP contribution in [0.1, 0.15) is 6.42 Å². The minimum absolute atomic E-state index is 0.627. The molecular weight excluding hydrogens is 272 g/mol. The van der Waals surface area contributed by atoms with Gasteiger partial charge in [0.15, 0.2) is 0 Å². The van der Waals surface area contributed by atoms with Crippen LogP contribution in [0.5, 0.6) is 5.88 Å². The number of anilines is 1. The Morgan fingerprint density at radius 3 is 3.06 bits per heavy atom. The van der Waals surface area contributed by atoms with Crippen molar-refractivity contribution in [1.82, 2.24) is 4.98 Å². The lowest BCUT2D eigenvalue weighted by molar-refractivity contribution is 0.152. The minimum atomic E-state index is 0.627. The molecule has 0 amide bonds. The number of nitrogens with zero attached hydrogens (tertiary/aromatic N) is 2. The maximum Gasteiger partial charge on any atom is 0.229 e. The maximum atomic E-state index is 5.42. The van der Waals surface area contributed by atoms with Gasteiger partial charge < -0.3 is 14.4 Å². The van der Waals surface area contributed by atoms with Crippen LogP contribution in [0.2, 0.25) is 0 Å². The standard InChI is InChI=1S/C11H15BrN2O2/c1-15-11-9(12)3-4-10(13-11)14-5-2-7-16-8-6-14/h3-4H,2,5-8H2,1H3. The highest BCUT2D eigenvalue weighted by Crippen LogP contribution is 2.25. The molecule has 1 aliphatic rings. The molecule has 0 aliphatic carbocycles. The average Bonchev–Trinajstić information content (AvgIpc) is 2.58. The zero-order valence-electron chi connectivity index (χ0n) is 9.28. The molecule has 2 heterocycles. The van der Waals surface area contributed by atoms with Gasteiger partial charge in [-0.1, -0.05) is 0 Å². The van der Waals surface area contributed by atoms with Crippen molar-refractivity contribution in [2.24, 2.45) is 0 Å². The van der Waals surface area contributed by atoms with Crippen LogP contribution >= 0.6 is 15.9 Å². The van der Waals surface area contributed by atoms with Crippen LogP contribution in [-0.2, 0) is 4.74 Å². The normalized spacial score (nSPS) is 17.0. The number of hydrogen-bond donors (Lipinski definition) is 0. The highest BCUT2D eigenvalue weighted by Gasteiger charge is 2.13. The van der Waals surface area contributed by atoms with Crippen molar-refractivity contribution in [2.75, 3.05) is 38.3 Å². The van der Waals surface area contributed by atoms with Gasteiger partial charge in [-0.25, -0.2) is 0 Å². The SMILES string of the molecule is COc1nc(N2CCCOCC2)ccc1Br. The highest BCUT2D eigenvalue weighted by atomic mass is 79.9. The Balaban J connectivity index is 2.18. The van der Waals surface area contributed by atoms with E-state index in [1.54, 1.807) is 7.11 Å². The summed E-state index contributed by atoms with van der Waals surface area (Å²) >= 11 is 3.40. The summed E-state index contributed by atoms with van der Waals surface area (Å²) < 4.78 is 11.5. The maximum absolute atomic E-state index is 5.42. The molecule has 0 N–H and O–H groups in total. The smallest absolute Gasteiger partial charge is 0.229 e. The van der Waals surface area contributed by atoms with Crippen LogP contribution in [0.25, 0.3) is 0 Å². The molecule has 0 radical (unpaired) electrons. The molecule has 0 spiro atoms. The van der Waals surface area contributed by atoms with Crippen LogP contribution in [0.4, 0.5) is 5.82 Å². The molecule has 88 valence electrons. The number of halogens is 1. The van der Waals surface area contributed by atoms with E-state index in [0.717, 1.165) is 43.0 Å². The van der Waals surface area contributed by atoms with Crippen LogP contribution < -0.4 is 9.64 Å². The summed E-state index contributed by atoms with van der Waals surface area (Å²) in [5, 5.41) is 0. The number of rotatable bonds is 2. The molecule has 2 rings (SSSR count). The zero-order chi connectivity index (χ0) is 11.4. The molecule has 1 saturated heterocycles. The van der Waals surface area contributed by atoms with Crippen molar-refractivity contribution in [3.63, 3.8) is 0 Å². The molecule has 1 fully saturated rings. The predicted octanol–water partition coefficient (Wildman–Crippen LogP) is 2.08. The van der Waals surface area contributed by atoms with E-state index < -0.39 is 0 Å². The first-order valence-corrected chi connectivity index (χ1v) is 6.14. The van der Waals surface area contributed by atoms with E-state index in [-0.39, 0.29) is 0 Å². The first-order valence-electron chi connectivity index (χ1n) is 5.34. The lowest BCUT2D eigenvalue weighted by atomic mass is 10.3. The molecule has 1 aromatic heterocycles. The monoisotopic (exact) mass is 286 g/mol. The summed E-state index contributed by atoms with van der Waals surface area (Å²) in [5.41, 5.74) is 0. The van der Waals surface area contributed by atoms with E-state index in [4.69, 9.17) is 9.47 Å². The first kappa shape index (κ1) is 11.7. The Kier molecular flexibility index (Phi) is 4.01. The summed E-state index contributed by atoms with van der Waals surface area (Å²) in [5.74, 6) is 1.58. The molecule has 4 nitrogen and oxygen atoms in total. The largest absolute Gasteiger partial charge is 0.480 e. The van der Waals surface area contributed by atoms with E-state index in [1.807, 2.05) is 12.1 Å². The van der Waals surface area contributed by atoms with Crippen molar-refractivity contribution in [3.8, 4) is 5.88 Å². The molecule has 0 saturated carbocycles. The van der Waals surface area contributed by atoms with Crippen LogP contribution in [-0.4, -0.2) is 38.4 Å². The fourth-order valence-corrected chi connectivity index (χ4v) is 2.09. The number of hydrogen-bond acceptors (Lipinski definition) is 4.